The van der Waals surface area contributed by atoms with E-state index in [1.54, 1.807) is 24.4 Å². The van der Waals surface area contributed by atoms with Gasteiger partial charge in [0.1, 0.15) is 5.65 Å². The van der Waals surface area contributed by atoms with Gasteiger partial charge < -0.3 is 10.6 Å². The predicted octanol–water partition coefficient (Wildman–Crippen LogP) is 0.955. The molecule has 0 saturated carbocycles. The van der Waals surface area contributed by atoms with Gasteiger partial charge in [-0.25, -0.2) is 4.98 Å². The second kappa shape index (κ2) is 4.97. The Morgan fingerprint density at radius 2 is 2.42 bits per heavy atom. The summed E-state index contributed by atoms with van der Waals surface area (Å²) in [4.78, 5) is 16.1. The molecule has 0 aliphatic carbocycles. The van der Waals surface area contributed by atoms with Gasteiger partial charge in [0.15, 0.2) is 5.69 Å². The van der Waals surface area contributed by atoms with Crippen LogP contribution in [0.3, 0.4) is 0 Å². The number of hydrogen-bond donors (Lipinski definition) is 2. The van der Waals surface area contributed by atoms with Crippen molar-refractivity contribution in [1.82, 2.24) is 20.0 Å². The average molecular weight is 262 g/mol. The van der Waals surface area contributed by atoms with E-state index in [0.717, 1.165) is 25.9 Å². The number of hydrogen-bond acceptors (Lipinski definition) is 3. The first kappa shape index (κ1) is 12.1. The van der Waals surface area contributed by atoms with Crippen LogP contribution in [-0.2, 0) is 0 Å². The van der Waals surface area contributed by atoms with Gasteiger partial charge in [0.05, 0.1) is 0 Å². The molecule has 6 heteroatoms. The van der Waals surface area contributed by atoms with Crippen molar-refractivity contribution in [3.05, 3.63) is 36.0 Å². The third-order valence-corrected chi connectivity index (χ3v) is 3.32. The van der Waals surface area contributed by atoms with Crippen LogP contribution in [0.2, 0.25) is 0 Å². The molecule has 0 aromatic carbocycles. The van der Waals surface area contributed by atoms with Gasteiger partial charge in [-0.1, -0.05) is 6.07 Å². The van der Waals surface area contributed by atoms with E-state index in [0.29, 0.717) is 5.65 Å². The number of piperidine rings is 1. The fourth-order valence-corrected chi connectivity index (χ4v) is 2.34. The van der Waals surface area contributed by atoms with Crippen LogP contribution in [0.4, 0.5) is 4.39 Å². The minimum absolute atomic E-state index is 0.0467. The summed E-state index contributed by atoms with van der Waals surface area (Å²) in [5, 5.41) is 6.02. The summed E-state index contributed by atoms with van der Waals surface area (Å²) in [7, 11) is 0. The number of carbonyl (C=O) groups is 1. The van der Waals surface area contributed by atoms with E-state index >= 15 is 0 Å². The van der Waals surface area contributed by atoms with Crippen molar-refractivity contribution in [3.63, 3.8) is 0 Å². The average Bonchev–Trinajstić information content (AvgIpc) is 2.78. The lowest BCUT2D eigenvalue weighted by molar-refractivity contribution is 0.0921. The molecule has 1 atom stereocenters. The number of imidazole rings is 1. The lowest BCUT2D eigenvalue weighted by Gasteiger charge is -2.23. The van der Waals surface area contributed by atoms with Crippen LogP contribution in [0.5, 0.6) is 0 Å². The molecular formula is C13H15FN4O. The Hall–Kier alpha value is -1.95. The van der Waals surface area contributed by atoms with Crippen LogP contribution in [0.1, 0.15) is 23.3 Å². The molecule has 0 radical (unpaired) electrons. The van der Waals surface area contributed by atoms with Gasteiger partial charge in [0, 0.05) is 18.8 Å². The van der Waals surface area contributed by atoms with E-state index in [1.165, 1.54) is 4.40 Å². The Kier molecular flexibility index (Phi) is 3.16. The maximum atomic E-state index is 14.1. The van der Waals surface area contributed by atoms with Crippen molar-refractivity contribution in [3.8, 4) is 0 Å². The van der Waals surface area contributed by atoms with Crippen molar-refractivity contribution in [2.45, 2.75) is 18.9 Å². The van der Waals surface area contributed by atoms with Gasteiger partial charge >= 0.3 is 0 Å². The number of fused-ring (bicyclic) bond motifs is 1. The Labute approximate surface area is 109 Å². The molecule has 2 aromatic heterocycles. The van der Waals surface area contributed by atoms with Crippen molar-refractivity contribution < 1.29 is 9.18 Å². The molecule has 1 fully saturated rings. The number of halogens is 1. The predicted molar refractivity (Wildman–Crippen MR) is 68.5 cm³/mol. The monoisotopic (exact) mass is 262 g/mol. The molecule has 3 rings (SSSR count). The fourth-order valence-electron chi connectivity index (χ4n) is 2.34. The number of pyridine rings is 1. The highest BCUT2D eigenvalue weighted by Crippen LogP contribution is 2.11. The molecule has 100 valence electrons. The zero-order valence-corrected chi connectivity index (χ0v) is 10.4. The molecule has 0 spiro atoms. The smallest absolute Gasteiger partial charge is 0.274 e. The molecule has 0 bridgehead atoms. The molecule has 1 aliphatic heterocycles. The number of nitrogens with one attached hydrogen (secondary N) is 2. The van der Waals surface area contributed by atoms with E-state index < -0.39 is 11.9 Å². The Balaban J connectivity index is 1.83. The minimum Gasteiger partial charge on any atom is -0.347 e. The quantitative estimate of drug-likeness (QED) is 0.847. The minimum atomic E-state index is -0.614. The van der Waals surface area contributed by atoms with Gasteiger partial charge in [-0.05, 0) is 31.5 Å². The molecule has 5 nitrogen and oxygen atoms in total. The van der Waals surface area contributed by atoms with Gasteiger partial charge in [0.2, 0.25) is 5.95 Å². The van der Waals surface area contributed by atoms with Crippen LogP contribution >= 0.6 is 0 Å². The molecule has 1 saturated heterocycles. The zero-order chi connectivity index (χ0) is 13.2. The molecule has 2 aromatic rings. The molecule has 1 amide bonds. The first-order valence-corrected chi connectivity index (χ1v) is 6.40. The van der Waals surface area contributed by atoms with Gasteiger partial charge in [-0.3, -0.25) is 9.20 Å². The summed E-state index contributed by atoms with van der Waals surface area (Å²) in [5.41, 5.74) is 0.295. The largest absolute Gasteiger partial charge is 0.347 e. The van der Waals surface area contributed by atoms with Crippen LogP contribution in [0.15, 0.2) is 24.4 Å². The van der Waals surface area contributed by atoms with Crippen molar-refractivity contribution >= 4 is 11.6 Å². The second-order valence-corrected chi connectivity index (χ2v) is 4.70. The molecule has 1 aliphatic rings. The number of amides is 1. The first-order valence-electron chi connectivity index (χ1n) is 6.40. The molecular weight excluding hydrogens is 247 g/mol. The highest BCUT2D eigenvalue weighted by atomic mass is 19.1. The highest BCUT2D eigenvalue weighted by Gasteiger charge is 2.22. The SMILES string of the molecule is O=C(N[C@@H]1CCCNC1)c1nc2ccccn2c1F. The zero-order valence-electron chi connectivity index (χ0n) is 10.4. The van der Waals surface area contributed by atoms with Gasteiger partial charge in [0.25, 0.3) is 5.91 Å². The van der Waals surface area contributed by atoms with Gasteiger partial charge in [-0.2, -0.15) is 4.39 Å². The van der Waals surface area contributed by atoms with Crippen LogP contribution < -0.4 is 10.6 Å². The number of carbonyl (C=O) groups excluding carboxylic acids is 1. The lowest BCUT2D eigenvalue weighted by atomic mass is 10.1. The Morgan fingerprint density at radius 1 is 1.53 bits per heavy atom. The van der Waals surface area contributed by atoms with Crippen molar-refractivity contribution in [2.75, 3.05) is 13.1 Å². The number of nitrogens with zero attached hydrogens (tertiary/aromatic N) is 2. The molecule has 19 heavy (non-hydrogen) atoms. The summed E-state index contributed by atoms with van der Waals surface area (Å²) < 4.78 is 15.3. The maximum Gasteiger partial charge on any atom is 0.274 e. The second-order valence-electron chi connectivity index (χ2n) is 4.70. The molecule has 0 unspecified atom stereocenters. The lowest BCUT2D eigenvalue weighted by Crippen LogP contribution is -2.45. The van der Waals surface area contributed by atoms with Crippen LogP contribution in [0.25, 0.3) is 5.65 Å². The van der Waals surface area contributed by atoms with Crippen LogP contribution in [-0.4, -0.2) is 34.4 Å². The first-order chi connectivity index (χ1) is 9.25. The van der Waals surface area contributed by atoms with Crippen molar-refractivity contribution in [1.29, 1.82) is 0 Å². The summed E-state index contributed by atoms with van der Waals surface area (Å²) in [5.74, 6) is -1.06. The normalized spacial score (nSPS) is 19.5. The van der Waals surface area contributed by atoms with E-state index in [2.05, 4.69) is 15.6 Å². The molecule has 2 N–H and O–H groups in total. The highest BCUT2D eigenvalue weighted by molar-refractivity contribution is 5.93. The van der Waals surface area contributed by atoms with E-state index in [9.17, 15) is 9.18 Å². The summed E-state index contributed by atoms with van der Waals surface area (Å²) >= 11 is 0. The van der Waals surface area contributed by atoms with E-state index in [1.807, 2.05) is 0 Å². The van der Waals surface area contributed by atoms with Crippen molar-refractivity contribution in [2.24, 2.45) is 0 Å². The topological polar surface area (TPSA) is 58.4 Å². The summed E-state index contributed by atoms with van der Waals surface area (Å²) in [6.45, 7) is 1.69. The standard InChI is InChI=1S/C13H15FN4O/c14-12-11(17-10-5-1-2-7-18(10)12)13(19)16-9-4-3-6-15-8-9/h1-2,5,7,9,15H,3-4,6,8H2,(H,16,19)/t9-/m1/s1. The van der Waals surface area contributed by atoms with Crippen LogP contribution in [0, 0.1) is 5.95 Å². The number of rotatable bonds is 2. The maximum absolute atomic E-state index is 14.1. The number of aromatic nitrogens is 2. The van der Waals surface area contributed by atoms with E-state index in [4.69, 9.17) is 0 Å². The summed E-state index contributed by atoms with van der Waals surface area (Å²) in [6, 6.07) is 5.17. The third-order valence-electron chi connectivity index (χ3n) is 3.32. The Bertz CT molecular complexity index is 604. The fraction of sp³-hybridized carbons (Fsp3) is 0.385. The molecule has 3 heterocycles. The van der Waals surface area contributed by atoms with Gasteiger partial charge in [-0.15, -0.1) is 0 Å². The van der Waals surface area contributed by atoms with E-state index in [-0.39, 0.29) is 11.7 Å². The Morgan fingerprint density at radius 3 is 3.16 bits per heavy atom. The third kappa shape index (κ3) is 2.31. The summed E-state index contributed by atoms with van der Waals surface area (Å²) in [6.07, 6.45) is 3.48.